The number of hydrogen-bond acceptors (Lipinski definition) is 4. The summed E-state index contributed by atoms with van der Waals surface area (Å²) in [6.07, 6.45) is 4.90. The van der Waals surface area contributed by atoms with E-state index in [0.29, 0.717) is 24.8 Å². The fourth-order valence-corrected chi connectivity index (χ4v) is 2.54. The molecule has 8 heteroatoms. The van der Waals surface area contributed by atoms with Crippen molar-refractivity contribution >= 4 is 17.5 Å². The van der Waals surface area contributed by atoms with Crippen LogP contribution in [0.3, 0.4) is 0 Å². The lowest BCUT2D eigenvalue weighted by atomic mass is 10.2. The molecule has 21 heavy (non-hydrogen) atoms. The first kappa shape index (κ1) is 14.1. The average Bonchev–Trinajstić information content (AvgIpc) is 3.07. The number of aromatic amines is 1. The summed E-state index contributed by atoms with van der Waals surface area (Å²) in [4.78, 5) is 21.7. The predicted molar refractivity (Wildman–Crippen MR) is 75.8 cm³/mol. The minimum atomic E-state index is -0.189. The first-order valence-corrected chi connectivity index (χ1v) is 7.08. The van der Waals surface area contributed by atoms with E-state index in [-0.39, 0.29) is 18.5 Å². The Morgan fingerprint density at radius 1 is 1.57 bits per heavy atom. The normalized spacial score (nSPS) is 19.0. The third-order valence-corrected chi connectivity index (χ3v) is 3.58. The van der Waals surface area contributed by atoms with E-state index in [9.17, 15) is 4.79 Å². The highest BCUT2D eigenvalue weighted by atomic mass is 35.5. The van der Waals surface area contributed by atoms with E-state index < -0.39 is 0 Å². The van der Waals surface area contributed by atoms with E-state index >= 15 is 0 Å². The number of amides is 1. The smallest absolute Gasteiger partial charge is 0.245 e. The van der Waals surface area contributed by atoms with E-state index in [1.165, 1.54) is 10.9 Å². The van der Waals surface area contributed by atoms with Crippen molar-refractivity contribution in [2.75, 3.05) is 19.8 Å². The van der Waals surface area contributed by atoms with Crippen molar-refractivity contribution in [2.24, 2.45) is 0 Å². The third-order valence-electron chi connectivity index (χ3n) is 3.39. The maximum atomic E-state index is 12.5. The first-order chi connectivity index (χ1) is 10.1. The molecule has 0 bridgehead atoms. The van der Waals surface area contributed by atoms with Gasteiger partial charge in [0.1, 0.15) is 18.4 Å². The van der Waals surface area contributed by atoms with Gasteiger partial charge in [0.15, 0.2) is 0 Å². The number of aryl methyl sites for hydroxylation is 1. The number of morpholine rings is 1. The van der Waals surface area contributed by atoms with Gasteiger partial charge in [-0.1, -0.05) is 11.6 Å². The Morgan fingerprint density at radius 2 is 2.43 bits per heavy atom. The number of ether oxygens (including phenoxy) is 1. The summed E-state index contributed by atoms with van der Waals surface area (Å²) in [5.41, 5.74) is 0.960. The molecular formula is C13H16ClN5O2. The van der Waals surface area contributed by atoms with Crippen molar-refractivity contribution in [1.82, 2.24) is 24.6 Å². The molecule has 1 N–H and O–H groups in total. The number of carbonyl (C=O) groups excluding carboxylic acids is 1. The van der Waals surface area contributed by atoms with Gasteiger partial charge in [0, 0.05) is 24.6 Å². The molecule has 3 heterocycles. The molecule has 0 radical (unpaired) electrons. The molecule has 1 aliphatic rings. The van der Waals surface area contributed by atoms with Gasteiger partial charge in [-0.05, 0) is 6.92 Å². The zero-order valence-electron chi connectivity index (χ0n) is 11.6. The molecule has 1 unspecified atom stereocenters. The number of nitrogens with one attached hydrogen (secondary N) is 1. The molecule has 1 saturated heterocycles. The fraction of sp³-hybridized carbons (Fsp3) is 0.462. The van der Waals surface area contributed by atoms with Gasteiger partial charge in [0.2, 0.25) is 5.91 Å². The molecule has 2 aromatic heterocycles. The van der Waals surface area contributed by atoms with Crippen LogP contribution in [0.15, 0.2) is 18.6 Å². The van der Waals surface area contributed by atoms with Crippen LogP contribution in [0.5, 0.6) is 0 Å². The Bertz CT molecular complexity index is 638. The SMILES string of the molecule is Cc1cnc(C2COCCN2C(=O)Cn2cc(Cl)cn2)[nH]1. The van der Waals surface area contributed by atoms with E-state index in [1.807, 2.05) is 6.92 Å². The maximum Gasteiger partial charge on any atom is 0.245 e. The average molecular weight is 310 g/mol. The lowest BCUT2D eigenvalue weighted by Crippen LogP contribution is -2.45. The highest BCUT2D eigenvalue weighted by Gasteiger charge is 2.30. The van der Waals surface area contributed by atoms with Gasteiger partial charge in [-0.2, -0.15) is 5.10 Å². The molecule has 7 nitrogen and oxygen atoms in total. The number of hydrogen-bond donors (Lipinski definition) is 1. The predicted octanol–water partition coefficient (Wildman–Crippen LogP) is 1.17. The van der Waals surface area contributed by atoms with Crippen LogP contribution in [0.4, 0.5) is 0 Å². The van der Waals surface area contributed by atoms with Crippen LogP contribution >= 0.6 is 11.6 Å². The fourth-order valence-electron chi connectivity index (χ4n) is 2.39. The van der Waals surface area contributed by atoms with Crippen LogP contribution in [0.1, 0.15) is 17.6 Å². The van der Waals surface area contributed by atoms with Gasteiger partial charge in [-0.25, -0.2) is 4.98 Å². The van der Waals surface area contributed by atoms with E-state index in [4.69, 9.17) is 16.3 Å². The summed E-state index contributed by atoms with van der Waals surface area (Å²) < 4.78 is 7.02. The molecule has 1 fully saturated rings. The first-order valence-electron chi connectivity index (χ1n) is 6.70. The zero-order chi connectivity index (χ0) is 14.8. The van der Waals surface area contributed by atoms with Crippen molar-refractivity contribution in [3.63, 3.8) is 0 Å². The van der Waals surface area contributed by atoms with Gasteiger partial charge in [0.25, 0.3) is 0 Å². The number of nitrogens with zero attached hydrogens (tertiary/aromatic N) is 4. The second-order valence-electron chi connectivity index (χ2n) is 4.99. The number of carbonyl (C=O) groups is 1. The zero-order valence-corrected chi connectivity index (χ0v) is 12.4. The summed E-state index contributed by atoms with van der Waals surface area (Å²) in [6, 6.07) is -0.189. The molecular weight excluding hydrogens is 294 g/mol. The molecule has 1 aliphatic heterocycles. The van der Waals surface area contributed by atoms with Gasteiger partial charge in [0.05, 0.1) is 24.4 Å². The van der Waals surface area contributed by atoms with Gasteiger partial charge in [-0.3, -0.25) is 9.48 Å². The quantitative estimate of drug-likeness (QED) is 0.923. The van der Waals surface area contributed by atoms with Crippen molar-refractivity contribution in [2.45, 2.75) is 19.5 Å². The largest absolute Gasteiger partial charge is 0.377 e. The van der Waals surface area contributed by atoms with Crippen LogP contribution in [0.2, 0.25) is 5.02 Å². The Labute approximate surface area is 126 Å². The molecule has 0 aromatic carbocycles. The van der Waals surface area contributed by atoms with Gasteiger partial charge in [-0.15, -0.1) is 0 Å². The number of imidazole rings is 1. The van der Waals surface area contributed by atoms with Crippen molar-refractivity contribution in [3.05, 3.63) is 35.1 Å². The maximum absolute atomic E-state index is 12.5. The molecule has 0 saturated carbocycles. The molecule has 2 aromatic rings. The minimum absolute atomic E-state index is 0.0304. The molecule has 3 rings (SSSR count). The Balaban J connectivity index is 1.75. The molecule has 112 valence electrons. The van der Waals surface area contributed by atoms with Crippen LogP contribution in [0.25, 0.3) is 0 Å². The summed E-state index contributed by atoms with van der Waals surface area (Å²) in [5.74, 6) is 0.719. The topological polar surface area (TPSA) is 76.0 Å². The van der Waals surface area contributed by atoms with Crippen LogP contribution in [-0.4, -0.2) is 50.3 Å². The molecule has 1 amide bonds. The van der Waals surface area contributed by atoms with Crippen molar-refractivity contribution < 1.29 is 9.53 Å². The second kappa shape index (κ2) is 5.87. The van der Waals surface area contributed by atoms with E-state index in [1.54, 1.807) is 17.3 Å². The van der Waals surface area contributed by atoms with Crippen LogP contribution in [0, 0.1) is 6.92 Å². The molecule has 0 spiro atoms. The summed E-state index contributed by atoms with van der Waals surface area (Å²) in [5, 5.41) is 4.55. The Hall–Kier alpha value is -1.86. The summed E-state index contributed by atoms with van der Waals surface area (Å²) in [7, 11) is 0. The Kier molecular flexibility index (Phi) is 3.94. The molecule has 0 aliphatic carbocycles. The highest BCUT2D eigenvalue weighted by molar-refractivity contribution is 6.30. The lowest BCUT2D eigenvalue weighted by molar-refractivity contribution is -0.141. The van der Waals surface area contributed by atoms with Gasteiger partial charge >= 0.3 is 0 Å². The van der Waals surface area contributed by atoms with Crippen molar-refractivity contribution in [3.8, 4) is 0 Å². The second-order valence-corrected chi connectivity index (χ2v) is 5.42. The molecule has 1 atom stereocenters. The lowest BCUT2D eigenvalue weighted by Gasteiger charge is -2.34. The third kappa shape index (κ3) is 3.08. The summed E-state index contributed by atoms with van der Waals surface area (Å²) >= 11 is 5.81. The number of aromatic nitrogens is 4. The van der Waals surface area contributed by atoms with Crippen molar-refractivity contribution in [1.29, 1.82) is 0 Å². The number of H-pyrrole nitrogens is 1. The van der Waals surface area contributed by atoms with E-state index in [0.717, 1.165) is 11.5 Å². The van der Waals surface area contributed by atoms with E-state index in [2.05, 4.69) is 15.1 Å². The minimum Gasteiger partial charge on any atom is -0.377 e. The summed E-state index contributed by atoms with van der Waals surface area (Å²) in [6.45, 7) is 3.60. The monoisotopic (exact) mass is 309 g/mol. The number of rotatable bonds is 3. The highest BCUT2D eigenvalue weighted by Crippen LogP contribution is 2.22. The van der Waals surface area contributed by atoms with Gasteiger partial charge < -0.3 is 14.6 Å². The van der Waals surface area contributed by atoms with Crippen LogP contribution in [-0.2, 0) is 16.1 Å². The number of halogens is 1. The standard InChI is InChI=1S/C13H16ClN5O2/c1-9-4-15-13(17-9)11-8-21-3-2-19(11)12(20)7-18-6-10(14)5-16-18/h4-6,11H,2-3,7-8H2,1H3,(H,15,17). The Morgan fingerprint density at radius 3 is 3.10 bits per heavy atom. The van der Waals surface area contributed by atoms with Crippen LogP contribution < -0.4 is 0 Å².